The quantitative estimate of drug-likeness (QED) is 0.449. The molecule has 9 heteroatoms. The molecule has 0 aliphatic rings. The first-order valence-corrected chi connectivity index (χ1v) is 14.0. The first-order chi connectivity index (χ1) is 16.4. The number of hydrogen-bond acceptors (Lipinski definition) is 4. The van der Waals surface area contributed by atoms with Crippen molar-refractivity contribution in [3.8, 4) is 0 Å². The first-order valence-electron chi connectivity index (χ1n) is 11.7. The van der Waals surface area contributed by atoms with Gasteiger partial charge >= 0.3 is 0 Å². The number of carbonyl (C=O) groups is 2. The fourth-order valence-corrected chi connectivity index (χ4v) is 4.78. The van der Waals surface area contributed by atoms with E-state index in [1.807, 2.05) is 45.0 Å². The maximum Gasteiger partial charge on any atom is 0.242 e. The van der Waals surface area contributed by atoms with Gasteiger partial charge in [0.2, 0.25) is 21.8 Å². The van der Waals surface area contributed by atoms with E-state index in [1.54, 1.807) is 31.2 Å². The Morgan fingerprint density at radius 3 is 2.34 bits per heavy atom. The van der Waals surface area contributed by atoms with Crippen LogP contribution >= 0.6 is 11.6 Å². The number of benzene rings is 2. The van der Waals surface area contributed by atoms with E-state index in [0.29, 0.717) is 23.7 Å². The van der Waals surface area contributed by atoms with Gasteiger partial charge in [-0.25, -0.2) is 8.42 Å². The van der Waals surface area contributed by atoms with Crippen molar-refractivity contribution in [3.05, 3.63) is 64.7 Å². The summed E-state index contributed by atoms with van der Waals surface area (Å²) >= 11 is 6.32. The first kappa shape index (κ1) is 28.7. The third kappa shape index (κ3) is 8.85. The molecule has 0 bridgehead atoms. The molecule has 2 amide bonds. The second-order valence-corrected chi connectivity index (χ2v) is 11.5. The molecular formula is C26H36ClN3O4S. The van der Waals surface area contributed by atoms with Gasteiger partial charge in [0.25, 0.3) is 0 Å². The van der Waals surface area contributed by atoms with Gasteiger partial charge < -0.3 is 10.2 Å². The van der Waals surface area contributed by atoms with Gasteiger partial charge in [-0.15, -0.1) is 0 Å². The number of nitrogens with zero attached hydrogens (tertiary/aromatic N) is 2. The number of rotatable bonds is 12. The van der Waals surface area contributed by atoms with Crippen LogP contribution in [0, 0.1) is 12.8 Å². The maximum absolute atomic E-state index is 13.3. The summed E-state index contributed by atoms with van der Waals surface area (Å²) in [6.45, 7) is 8.44. The summed E-state index contributed by atoms with van der Waals surface area (Å²) in [6, 6.07) is 13.7. The van der Waals surface area contributed by atoms with Crippen LogP contribution in [0.15, 0.2) is 48.5 Å². The number of sulfonamides is 1. The molecular weight excluding hydrogens is 486 g/mol. The van der Waals surface area contributed by atoms with E-state index in [-0.39, 0.29) is 37.2 Å². The molecule has 1 atom stereocenters. The van der Waals surface area contributed by atoms with Crippen LogP contribution in [0.4, 0.5) is 5.69 Å². The summed E-state index contributed by atoms with van der Waals surface area (Å²) in [4.78, 5) is 27.6. The van der Waals surface area contributed by atoms with E-state index in [4.69, 9.17) is 11.6 Å². The molecule has 0 aliphatic heterocycles. The van der Waals surface area contributed by atoms with Gasteiger partial charge in [-0.3, -0.25) is 13.9 Å². The highest BCUT2D eigenvalue weighted by molar-refractivity contribution is 7.92. The van der Waals surface area contributed by atoms with Crippen LogP contribution in [0.5, 0.6) is 0 Å². The Morgan fingerprint density at radius 2 is 1.74 bits per heavy atom. The lowest BCUT2D eigenvalue weighted by atomic mass is 10.1. The number of amides is 2. The third-order valence-electron chi connectivity index (χ3n) is 5.59. The Labute approximate surface area is 214 Å². The number of anilines is 1. The van der Waals surface area contributed by atoms with Gasteiger partial charge in [0.15, 0.2) is 0 Å². The lowest BCUT2D eigenvalue weighted by Crippen LogP contribution is -2.48. The zero-order chi connectivity index (χ0) is 26.2. The molecule has 0 saturated heterocycles. The fraction of sp³-hybridized carbons (Fsp3) is 0.462. The van der Waals surface area contributed by atoms with E-state index in [2.05, 4.69) is 5.32 Å². The molecule has 0 heterocycles. The summed E-state index contributed by atoms with van der Waals surface area (Å²) in [5.41, 5.74) is 2.25. The van der Waals surface area contributed by atoms with Crippen LogP contribution < -0.4 is 9.62 Å². The van der Waals surface area contributed by atoms with E-state index in [0.717, 1.165) is 17.4 Å². The molecule has 0 fully saturated rings. The minimum absolute atomic E-state index is 0.0874. The summed E-state index contributed by atoms with van der Waals surface area (Å²) in [5.74, 6) is -0.200. The highest BCUT2D eigenvalue weighted by atomic mass is 35.5. The van der Waals surface area contributed by atoms with Crippen LogP contribution in [0.25, 0.3) is 0 Å². The van der Waals surface area contributed by atoms with Crippen molar-refractivity contribution in [1.82, 2.24) is 10.2 Å². The van der Waals surface area contributed by atoms with Crippen LogP contribution in [0.3, 0.4) is 0 Å². The largest absolute Gasteiger partial charge is 0.354 e. The summed E-state index contributed by atoms with van der Waals surface area (Å²) in [7, 11) is -3.53. The number of carbonyl (C=O) groups excluding carboxylic acids is 2. The predicted molar refractivity (Wildman–Crippen MR) is 142 cm³/mol. The van der Waals surface area contributed by atoms with Gasteiger partial charge in [-0.1, -0.05) is 55.8 Å². The van der Waals surface area contributed by atoms with Gasteiger partial charge in [-0.2, -0.15) is 0 Å². The van der Waals surface area contributed by atoms with Gasteiger partial charge in [0, 0.05) is 31.1 Å². The number of hydrogen-bond donors (Lipinski definition) is 1. The Hall–Kier alpha value is -2.58. The van der Waals surface area contributed by atoms with Crippen molar-refractivity contribution < 1.29 is 18.0 Å². The Kier molecular flexibility index (Phi) is 10.6. The lowest BCUT2D eigenvalue weighted by Gasteiger charge is -2.30. The molecule has 35 heavy (non-hydrogen) atoms. The number of halogens is 1. The Morgan fingerprint density at radius 1 is 1.06 bits per heavy atom. The van der Waals surface area contributed by atoms with Crippen molar-refractivity contribution >= 4 is 39.1 Å². The van der Waals surface area contributed by atoms with E-state index in [1.165, 1.54) is 9.21 Å². The van der Waals surface area contributed by atoms with Crippen molar-refractivity contribution in [2.75, 3.05) is 23.7 Å². The minimum atomic E-state index is -3.53. The molecule has 0 saturated carbocycles. The lowest BCUT2D eigenvalue weighted by molar-refractivity contribution is -0.140. The van der Waals surface area contributed by atoms with Crippen LogP contribution in [0.1, 0.15) is 44.7 Å². The highest BCUT2D eigenvalue weighted by Gasteiger charge is 2.27. The van der Waals surface area contributed by atoms with Crippen molar-refractivity contribution in [2.45, 2.75) is 53.1 Å². The minimum Gasteiger partial charge on any atom is -0.354 e. The molecule has 7 nitrogen and oxygen atoms in total. The monoisotopic (exact) mass is 521 g/mol. The molecule has 2 aromatic carbocycles. The normalized spacial score (nSPS) is 12.3. The third-order valence-corrected chi connectivity index (χ3v) is 7.15. The second-order valence-electron chi connectivity index (χ2n) is 9.21. The van der Waals surface area contributed by atoms with E-state index in [9.17, 15) is 18.0 Å². The van der Waals surface area contributed by atoms with Crippen LogP contribution in [-0.4, -0.2) is 50.5 Å². The zero-order valence-corrected chi connectivity index (χ0v) is 22.7. The average Bonchev–Trinajstić information content (AvgIpc) is 2.78. The highest BCUT2D eigenvalue weighted by Crippen LogP contribution is 2.22. The molecule has 2 rings (SSSR count). The number of aryl methyl sites for hydroxylation is 1. The topological polar surface area (TPSA) is 86.8 Å². The Balaban J connectivity index is 2.17. The fourth-order valence-electron chi connectivity index (χ4n) is 3.63. The molecule has 0 aliphatic carbocycles. The molecule has 1 N–H and O–H groups in total. The van der Waals surface area contributed by atoms with Crippen molar-refractivity contribution in [1.29, 1.82) is 0 Å². The predicted octanol–water partition coefficient (Wildman–Crippen LogP) is 4.38. The second kappa shape index (κ2) is 12.9. The summed E-state index contributed by atoms with van der Waals surface area (Å²) in [5, 5.41) is 3.40. The maximum atomic E-state index is 13.3. The molecule has 2 aromatic rings. The smallest absolute Gasteiger partial charge is 0.242 e. The summed E-state index contributed by atoms with van der Waals surface area (Å²) in [6.07, 6.45) is 1.55. The molecule has 192 valence electrons. The number of nitrogens with one attached hydrogen (secondary N) is 1. The van der Waals surface area contributed by atoms with E-state index < -0.39 is 16.1 Å². The van der Waals surface area contributed by atoms with Crippen LogP contribution in [0.2, 0.25) is 5.02 Å². The van der Waals surface area contributed by atoms with Gasteiger partial charge in [0.1, 0.15) is 6.04 Å². The molecule has 0 aromatic heterocycles. The SMILES string of the molecule is Cc1cccc(N(CCCC(=O)N(Cc2ccccc2Cl)C(C)C(=O)NCC(C)C)S(C)(=O)=O)c1. The Bertz CT molecular complexity index is 1120. The summed E-state index contributed by atoms with van der Waals surface area (Å²) < 4.78 is 26.1. The van der Waals surface area contributed by atoms with Crippen molar-refractivity contribution in [2.24, 2.45) is 5.92 Å². The van der Waals surface area contributed by atoms with Crippen LogP contribution in [-0.2, 0) is 26.2 Å². The standard InChI is InChI=1S/C26H36ClN3O4S/c1-19(2)17-28-26(32)21(4)29(18-22-11-6-7-13-24(22)27)25(31)14-9-15-30(35(5,33)34)23-12-8-10-20(3)16-23/h6-8,10-13,16,19,21H,9,14-15,17-18H2,1-5H3,(H,28,32). The molecule has 1 unspecified atom stereocenters. The average molecular weight is 522 g/mol. The van der Waals surface area contributed by atoms with Crippen molar-refractivity contribution in [3.63, 3.8) is 0 Å². The van der Waals surface area contributed by atoms with E-state index >= 15 is 0 Å². The zero-order valence-electron chi connectivity index (χ0n) is 21.1. The molecule has 0 radical (unpaired) electrons. The van der Waals surface area contributed by atoms with Gasteiger partial charge in [-0.05, 0) is 55.5 Å². The van der Waals surface area contributed by atoms with Gasteiger partial charge in [0.05, 0.1) is 11.9 Å². The molecule has 0 spiro atoms.